The SMILES string of the molecule is C=CC(=O)N1C[C@H](C)N(C2NC(=O)N3C4NC(C(F)CC42)C2C(CC(F)C(F)C2F)OCCCC2CC(/C=C\C(=O)N4C[C@H](C)N(C5NC(=O)N6C7NC(C(F)CC75)C5C(F)CCCC5OC(C)CCC5CCNC(C(C)C)C56)C[C@H]4C)NC(C(C)C)C23)C[C@H]1C. The van der Waals surface area contributed by atoms with Crippen LogP contribution in [0.4, 0.5) is 35.9 Å². The van der Waals surface area contributed by atoms with Crippen LogP contribution in [0.2, 0.25) is 0 Å². The number of alkyl halides is 6. The molecule has 0 radical (unpaired) electrons. The van der Waals surface area contributed by atoms with Gasteiger partial charge in [-0.25, -0.2) is 35.9 Å². The van der Waals surface area contributed by atoms with Crippen molar-refractivity contribution in [2.45, 2.75) is 286 Å². The molecule has 10 aliphatic heterocycles. The topological polar surface area (TPSA) is 178 Å². The maximum absolute atomic E-state index is 17.4. The van der Waals surface area contributed by atoms with Crippen LogP contribution in [0.3, 0.4) is 0 Å². The van der Waals surface area contributed by atoms with Crippen molar-refractivity contribution in [2.75, 3.05) is 39.3 Å². The van der Waals surface area contributed by atoms with Gasteiger partial charge in [0.25, 0.3) is 0 Å². The van der Waals surface area contributed by atoms with E-state index in [0.29, 0.717) is 64.7 Å². The van der Waals surface area contributed by atoms with Crippen molar-refractivity contribution in [3.63, 3.8) is 0 Å². The zero-order chi connectivity index (χ0) is 64.8. The standard InChI is InChI=1S/C67H106F6N12O6/c1-11-50(86)80-28-36(8)82(30-34(80)6)63-43-26-47(71)59-53-49(27-45(69)54(72)55(53)73)90-23-13-14-40-24-41(75-57(33(4)5)61(40)85(65(43)77-59)67(89)79-63)19-20-51(87)81-29-37(9)83(31-35(81)7)62-42-25-46(70)58-52-44(68)15-12-16-48(52)91-38(10)17-18-39-21-22-74-56(32(2)3)60(39)84(64(42)76-58)66(88)78-62/h11,19-20,32-49,52-65,74-77H,1,12-18,21-31H2,2-10H3,(H,78,88)(H,79,89)/b20-19-/t34-,35-,36+,37+,38?,39?,40?,41?,42?,43?,44?,45?,46?,47?,48?,49?,52?,53?,54?,55?,56?,57?,58?,59?,60?,61?,62?,63?,64?,65?/m1/s1. The summed E-state index contributed by atoms with van der Waals surface area (Å²) in [5.41, 5.74) is 0. The molecule has 10 saturated heterocycles. The second kappa shape index (κ2) is 27.4. The van der Waals surface area contributed by atoms with Gasteiger partial charge in [0.2, 0.25) is 11.8 Å². The molecule has 0 aromatic carbocycles. The van der Waals surface area contributed by atoms with Crippen molar-refractivity contribution in [3.8, 4) is 0 Å². The first-order valence-corrected chi connectivity index (χ1v) is 35.2. The van der Waals surface area contributed by atoms with Crippen molar-refractivity contribution in [1.82, 2.24) is 61.3 Å². The third-order valence-corrected chi connectivity index (χ3v) is 24.3. The van der Waals surface area contributed by atoms with E-state index in [9.17, 15) is 9.59 Å². The zero-order valence-corrected chi connectivity index (χ0v) is 55.0. The molecule has 4 bridgehead atoms. The number of ether oxygens (including phenoxy) is 2. The Balaban J connectivity index is 0.787. The fourth-order valence-electron chi connectivity index (χ4n) is 19.9. The normalized spacial score (nSPS) is 47.9. The number of fused-ring (bicyclic) bond motifs is 10. The van der Waals surface area contributed by atoms with Crippen LogP contribution in [0.1, 0.15) is 139 Å². The monoisotopic (exact) mass is 1290 g/mol. The lowest BCUT2D eigenvalue weighted by Gasteiger charge is -2.61. The molecule has 6 amide bonds. The number of hydrogen-bond acceptors (Lipinski definition) is 12. The summed E-state index contributed by atoms with van der Waals surface area (Å²) >= 11 is 0. The van der Waals surface area contributed by atoms with E-state index < -0.39 is 128 Å². The van der Waals surface area contributed by atoms with Gasteiger partial charge in [0.15, 0.2) is 6.17 Å². The summed E-state index contributed by atoms with van der Waals surface area (Å²) in [6, 6.07) is -5.24. The lowest BCUT2D eigenvalue weighted by atomic mass is 9.71. The maximum atomic E-state index is 17.4. The molecule has 12 rings (SSSR count). The average molecular weight is 1290 g/mol. The van der Waals surface area contributed by atoms with Crippen LogP contribution in [0.15, 0.2) is 24.8 Å². The molecule has 0 spiro atoms. The smallest absolute Gasteiger partial charge is 0.320 e. The van der Waals surface area contributed by atoms with Crippen LogP contribution >= 0.6 is 0 Å². The predicted molar refractivity (Wildman–Crippen MR) is 333 cm³/mol. The largest absolute Gasteiger partial charge is 0.378 e. The Bertz CT molecular complexity index is 2640. The van der Waals surface area contributed by atoms with Crippen molar-refractivity contribution >= 4 is 23.9 Å². The molecule has 24 heteroatoms. The molecule has 12 aliphatic rings. The van der Waals surface area contributed by atoms with Crippen LogP contribution in [-0.2, 0) is 19.1 Å². The summed E-state index contributed by atoms with van der Waals surface area (Å²) in [6.07, 6.45) is -5.60. The molecular formula is C67H106F6N12O6. The van der Waals surface area contributed by atoms with Crippen LogP contribution in [0, 0.1) is 47.3 Å². The molecule has 2 saturated carbocycles. The zero-order valence-electron chi connectivity index (χ0n) is 55.0. The first-order valence-electron chi connectivity index (χ1n) is 35.2. The molecule has 6 N–H and O–H groups in total. The number of carbonyl (C=O) groups is 4. The van der Waals surface area contributed by atoms with E-state index in [0.717, 1.165) is 25.8 Å². The molecule has 26 unspecified atom stereocenters. The van der Waals surface area contributed by atoms with Gasteiger partial charge in [-0.1, -0.05) is 40.3 Å². The highest BCUT2D eigenvalue weighted by Crippen LogP contribution is 2.48. The summed E-state index contributed by atoms with van der Waals surface area (Å²) in [7, 11) is 0. The molecule has 18 nitrogen and oxygen atoms in total. The van der Waals surface area contributed by atoms with Crippen molar-refractivity contribution in [3.05, 3.63) is 24.8 Å². The van der Waals surface area contributed by atoms with E-state index in [2.05, 4.69) is 82.9 Å². The highest BCUT2D eigenvalue weighted by atomic mass is 19.2. The highest BCUT2D eigenvalue weighted by Gasteiger charge is 2.62. The van der Waals surface area contributed by atoms with Crippen molar-refractivity contribution < 1.29 is 55.0 Å². The summed E-state index contributed by atoms with van der Waals surface area (Å²) in [5.74, 6) is -3.37. The summed E-state index contributed by atoms with van der Waals surface area (Å²) in [5, 5.41) is 21.5. The van der Waals surface area contributed by atoms with Crippen LogP contribution in [0.25, 0.3) is 0 Å². The number of hydrogen-bond donors (Lipinski definition) is 6. The third kappa shape index (κ3) is 12.7. The van der Waals surface area contributed by atoms with Gasteiger partial charge in [0, 0.05) is 123 Å². The summed E-state index contributed by atoms with van der Waals surface area (Å²) < 4.78 is 111. The van der Waals surface area contributed by atoms with Gasteiger partial charge in [-0.3, -0.25) is 30.0 Å². The van der Waals surface area contributed by atoms with Crippen LogP contribution < -0.4 is 31.9 Å². The van der Waals surface area contributed by atoms with E-state index in [4.69, 9.17) is 9.47 Å². The second-order valence-electron chi connectivity index (χ2n) is 30.7. The molecule has 30 atom stereocenters. The molecule has 0 aromatic rings. The maximum Gasteiger partial charge on any atom is 0.320 e. The Morgan fingerprint density at radius 3 is 1.75 bits per heavy atom. The number of piperazine rings is 2. The Kier molecular flexibility index (Phi) is 20.2. The number of carbonyl (C=O) groups excluding carboxylic acids is 4. The number of amides is 6. The van der Waals surface area contributed by atoms with Crippen molar-refractivity contribution in [2.24, 2.45) is 47.3 Å². The Morgan fingerprint density at radius 1 is 0.571 bits per heavy atom. The third-order valence-electron chi connectivity index (χ3n) is 24.3. The molecule has 91 heavy (non-hydrogen) atoms. The fraction of sp³-hybridized carbons (Fsp3) is 0.881. The Hall–Kier alpha value is -3.78. The minimum Gasteiger partial charge on any atom is -0.378 e. The lowest BCUT2D eigenvalue weighted by molar-refractivity contribution is -0.148. The van der Waals surface area contributed by atoms with E-state index >= 15 is 35.9 Å². The molecule has 0 aromatic heterocycles. The number of piperidine rings is 4. The fourth-order valence-corrected chi connectivity index (χ4v) is 19.9. The lowest BCUT2D eigenvalue weighted by Crippen LogP contribution is -2.80. The summed E-state index contributed by atoms with van der Waals surface area (Å²) in [6.45, 7) is 24.6. The number of nitrogens with one attached hydrogen (secondary N) is 6. The molecule has 10 heterocycles. The molecule has 12 fully saturated rings. The average Bonchev–Trinajstić information content (AvgIpc) is 0.759. The first-order chi connectivity index (χ1) is 43.4. The number of rotatable bonds is 7. The predicted octanol–water partition coefficient (Wildman–Crippen LogP) is 6.85. The van der Waals surface area contributed by atoms with Crippen LogP contribution in [0.5, 0.6) is 0 Å². The van der Waals surface area contributed by atoms with E-state index in [1.165, 1.54) is 6.08 Å². The van der Waals surface area contributed by atoms with Gasteiger partial charge in [-0.2, -0.15) is 0 Å². The second-order valence-corrected chi connectivity index (χ2v) is 30.7. The molecule has 512 valence electrons. The van der Waals surface area contributed by atoms with E-state index in [-0.39, 0.29) is 115 Å². The van der Waals surface area contributed by atoms with Gasteiger partial charge < -0.3 is 50.3 Å². The molecular weight excluding hydrogens is 1180 g/mol. The Labute approximate surface area is 535 Å². The number of nitrogens with zero attached hydrogens (tertiary/aromatic N) is 6. The highest BCUT2D eigenvalue weighted by molar-refractivity contribution is 5.88. The summed E-state index contributed by atoms with van der Waals surface area (Å²) in [4.78, 5) is 70.1. The van der Waals surface area contributed by atoms with E-state index in [1.54, 1.807) is 15.9 Å². The minimum atomic E-state index is -2.46. The van der Waals surface area contributed by atoms with Gasteiger partial charge in [0.1, 0.15) is 30.9 Å². The van der Waals surface area contributed by atoms with E-state index in [1.807, 2.05) is 43.6 Å². The van der Waals surface area contributed by atoms with Gasteiger partial charge in [-0.15, -0.1) is 0 Å². The van der Waals surface area contributed by atoms with Crippen LogP contribution in [-0.4, -0.2) is 239 Å². The number of halogens is 6. The Morgan fingerprint density at radius 2 is 1.15 bits per heavy atom. The van der Waals surface area contributed by atoms with Gasteiger partial charge in [-0.05, 0) is 142 Å². The quantitative estimate of drug-likeness (QED) is 0.116. The molecule has 2 aliphatic carbocycles. The van der Waals surface area contributed by atoms with Gasteiger partial charge >= 0.3 is 12.1 Å². The van der Waals surface area contributed by atoms with Crippen molar-refractivity contribution in [1.29, 1.82) is 0 Å². The van der Waals surface area contributed by atoms with Gasteiger partial charge in [0.05, 0.1) is 55.1 Å². The first kappa shape index (κ1) is 67.2. The number of urea groups is 2. The minimum absolute atomic E-state index is 0.0163.